The number of aryl methyl sites for hydroxylation is 1. The number of carbonyl (C=O) groups is 6. The van der Waals surface area contributed by atoms with E-state index in [0.717, 1.165) is 62.1 Å². The molecule has 3 aromatic carbocycles. The minimum atomic E-state index is -3.69. The van der Waals surface area contributed by atoms with E-state index in [2.05, 4.69) is 30.8 Å². The zero-order valence-corrected chi connectivity index (χ0v) is 37.3. The highest BCUT2D eigenvalue weighted by Gasteiger charge is 2.43. The lowest BCUT2D eigenvalue weighted by molar-refractivity contribution is -0.134. The number of hydrogen-bond donors (Lipinski definition) is 3. The van der Waals surface area contributed by atoms with E-state index in [1.54, 1.807) is 49.0 Å². The SMILES string of the molecule is CCOc1cc(C(CS(C)(=O)=O)N2C(=O)c3cccc(NC(=O)CCCCCN4CCN(CC(=O)Nc5cccc6c(C7CCC(=O)NC7=O)nn(C)c56)CC4)c3C2=O)ccc1OC. The van der Waals surface area contributed by atoms with Gasteiger partial charge in [-0.3, -0.25) is 48.6 Å². The van der Waals surface area contributed by atoms with Gasteiger partial charge >= 0.3 is 0 Å². The van der Waals surface area contributed by atoms with Crippen LogP contribution in [0.25, 0.3) is 10.9 Å². The number of aromatic nitrogens is 2. The number of imide groups is 2. The van der Waals surface area contributed by atoms with Crippen molar-refractivity contribution in [3.8, 4) is 11.5 Å². The molecular weight excluding hydrogens is 845 g/mol. The number of carbonyl (C=O) groups excluding carboxylic acids is 6. The second-order valence-corrected chi connectivity index (χ2v) is 18.6. The second kappa shape index (κ2) is 19.7. The standard InChI is InChI=1S/C45H54N8O10S/c1-5-63-36-25-28(16-18-35(36)62-3)34(27-64(4,60)61)53-44(58)29-11-9-13-32(40(29)45(53)59)46-37(54)15-7-6-8-20-51-21-23-52(24-22-51)26-39(56)47-33-14-10-12-30-41(49-50(2)42(30)33)31-17-19-38(55)48-43(31)57/h9-14,16,18,25,31,34H,5-8,15,17,19-24,26-27H2,1-4H3,(H,46,54)(H,47,56)(H,48,55,57). The number of ether oxygens (including phenoxy) is 2. The van der Waals surface area contributed by atoms with E-state index < -0.39 is 39.4 Å². The second-order valence-electron chi connectivity index (χ2n) is 16.4. The van der Waals surface area contributed by atoms with Crippen LogP contribution in [0.5, 0.6) is 11.5 Å². The predicted octanol–water partition coefficient (Wildman–Crippen LogP) is 3.64. The Labute approximate surface area is 371 Å². The van der Waals surface area contributed by atoms with Gasteiger partial charge in [-0.25, -0.2) is 8.42 Å². The van der Waals surface area contributed by atoms with Crippen LogP contribution in [0.2, 0.25) is 0 Å². The number of piperidine rings is 1. The average Bonchev–Trinajstić information content (AvgIpc) is 3.72. The van der Waals surface area contributed by atoms with E-state index in [9.17, 15) is 37.2 Å². The molecule has 0 saturated carbocycles. The van der Waals surface area contributed by atoms with Crippen molar-refractivity contribution < 1.29 is 46.7 Å². The molecule has 3 aliphatic heterocycles. The van der Waals surface area contributed by atoms with Crippen molar-refractivity contribution in [3.63, 3.8) is 0 Å². The molecule has 64 heavy (non-hydrogen) atoms. The molecular formula is C45H54N8O10S. The topological polar surface area (TPSA) is 219 Å². The molecule has 0 bridgehead atoms. The zero-order chi connectivity index (χ0) is 45.7. The van der Waals surface area contributed by atoms with Crippen LogP contribution in [0, 0.1) is 0 Å². The van der Waals surface area contributed by atoms with Gasteiger partial charge in [-0.05, 0) is 68.6 Å². The van der Waals surface area contributed by atoms with E-state index in [4.69, 9.17) is 9.47 Å². The smallest absolute Gasteiger partial charge is 0.264 e. The van der Waals surface area contributed by atoms with Crippen LogP contribution in [0.4, 0.5) is 11.4 Å². The fraction of sp³-hybridized carbons (Fsp3) is 0.444. The third-order valence-electron chi connectivity index (χ3n) is 11.8. The van der Waals surface area contributed by atoms with Gasteiger partial charge in [-0.1, -0.05) is 30.7 Å². The zero-order valence-electron chi connectivity index (χ0n) is 36.5. The first-order valence-electron chi connectivity index (χ1n) is 21.5. The number of methoxy groups -OCH3 is 1. The lowest BCUT2D eigenvalue weighted by Gasteiger charge is -2.34. The quantitative estimate of drug-likeness (QED) is 0.0962. The number of fused-ring (bicyclic) bond motifs is 2. The van der Waals surface area contributed by atoms with E-state index >= 15 is 0 Å². The van der Waals surface area contributed by atoms with Gasteiger partial charge in [0, 0.05) is 57.7 Å². The third-order valence-corrected chi connectivity index (χ3v) is 12.7. The molecule has 7 rings (SSSR count). The Morgan fingerprint density at radius 1 is 0.891 bits per heavy atom. The van der Waals surface area contributed by atoms with Crippen LogP contribution in [-0.4, -0.2) is 133 Å². The first kappa shape index (κ1) is 45.8. The van der Waals surface area contributed by atoms with Gasteiger partial charge in [0.25, 0.3) is 11.8 Å². The molecule has 1 aromatic heterocycles. The summed E-state index contributed by atoms with van der Waals surface area (Å²) >= 11 is 0. The molecule has 6 amide bonds. The molecule has 2 saturated heterocycles. The summed E-state index contributed by atoms with van der Waals surface area (Å²) in [4.78, 5) is 83.8. The van der Waals surface area contributed by atoms with Gasteiger partial charge in [-0.2, -0.15) is 5.10 Å². The number of anilines is 2. The van der Waals surface area contributed by atoms with Gasteiger partial charge < -0.3 is 25.0 Å². The minimum Gasteiger partial charge on any atom is -0.493 e. The van der Waals surface area contributed by atoms with Gasteiger partial charge in [0.1, 0.15) is 9.84 Å². The van der Waals surface area contributed by atoms with Crippen molar-refractivity contribution in [2.24, 2.45) is 7.05 Å². The van der Waals surface area contributed by atoms with Gasteiger partial charge in [-0.15, -0.1) is 0 Å². The molecule has 2 fully saturated rings. The van der Waals surface area contributed by atoms with Crippen molar-refractivity contribution in [3.05, 3.63) is 77.0 Å². The first-order valence-corrected chi connectivity index (χ1v) is 23.5. The maximum absolute atomic E-state index is 14.0. The van der Waals surface area contributed by atoms with Crippen molar-refractivity contribution in [2.75, 3.05) is 75.6 Å². The summed E-state index contributed by atoms with van der Waals surface area (Å²) in [5.74, 6) is -2.79. The van der Waals surface area contributed by atoms with E-state index in [0.29, 0.717) is 53.4 Å². The Kier molecular flexibility index (Phi) is 14.1. The minimum absolute atomic E-state index is 0.0147. The van der Waals surface area contributed by atoms with Gasteiger partial charge in [0.2, 0.25) is 23.6 Å². The first-order chi connectivity index (χ1) is 30.6. The summed E-state index contributed by atoms with van der Waals surface area (Å²) in [5, 5.41) is 13.6. The third kappa shape index (κ3) is 10.3. The molecule has 0 aliphatic carbocycles. The van der Waals surface area contributed by atoms with Crippen LogP contribution in [-0.2, 0) is 36.1 Å². The van der Waals surface area contributed by atoms with E-state index in [-0.39, 0.29) is 59.8 Å². The van der Waals surface area contributed by atoms with Gasteiger partial charge in [0.15, 0.2) is 11.5 Å². The molecule has 2 atom stereocenters. The van der Waals surface area contributed by atoms with Crippen LogP contribution in [0.15, 0.2) is 54.6 Å². The normalized spacial score (nSPS) is 17.6. The summed E-state index contributed by atoms with van der Waals surface area (Å²) in [6, 6.07) is 13.7. The predicted molar refractivity (Wildman–Crippen MR) is 238 cm³/mol. The fourth-order valence-electron chi connectivity index (χ4n) is 8.72. The Morgan fingerprint density at radius 3 is 2.33 bits per heavy atom. The molecule has 19 heteroatoms. The summed E-state index contributed by atoms with van der Waals surface area (Å²) in [7, 11) is -0.447. The van der Waals surface area contributed by atoms with Crippen LogP contribution in [0.3, 0.4) is 0 Å². The number of sulfone groups is 1. The largest absolute Gasteiger partial charge is 0.493 e. The lowest BCUT2D eigenvalue weighted by atomic mass is 9.92. The van der Waals surface area contributed by atoms with Crippen LogP contribution >= 0.6 is 0 Å². The summed E-state index contributed by atoms with van der Waals surface area (Å²) < 4.78 is 38.0. The summed E-state index contributed by atoms with van der Waals surface area (Å²) in [6.07, 6.45) is 4.13. The lowest BCUT2D eigenvalue weighted by Crippen LogP contribution is -2.48. The number of nitrogens with one attached hydrogen (secondary N) is 3. The molecule has 340 valence electrons. The number of benzene rings is 3. The molecule has 2 unspecified atom stereocenters. The number of unbranched alkanes of at least 4 members (excludes halogenated alkanes) is 2. The Bertz CT molecular complexity index is 2590. The number of amides is 6. The average molecular weight is 899 g/mol. The molecule has 3 aliphatic rings. The highest BCUT2D eigenvalue weighted by molar-refractivity contribution is 7.90. The number of nitrogens with zero attached hydrogens (tertiary/aromatic N) is 5. The van der Waals surface area contributed by atoms with E-state index in [1.807, 2.05) is 18.2 Å². The summed E-state index contributed by atoms with van der Waals surface area (Å²) in [5.41, 5.74) is 2.54. The summed E-state index contributed by atoms with van der Waals surface area (Å²) in [6.45, 7) is 6.17. The number of piperazine rings is 1. The Balaban J connectivity index is 0.864. The number of rotatable bonds is 18. The highest BCUT2D eigenvalue weighted by atomic mass is 32.2. The highest BCUT2D eigenvalue weighted by Crippen LogP contribution is 2.39. The van der Waals surface area contributed by atoms with Crippen LogP contribution < -0.4 is 25.4 Å². The van der Waals surface area contributed by atoms with Crippen molar-refractivity contribution in [1.29, 1.82) is 0 Å². The van der Waals surface area contributed by atoms with Gasteiger partial charge in [0.05, 0.1) is 71.7 Å². The Morgan fingerprint density at radius 2 is 1.61 bits per heavy atom. The Hall–Kier alpha value is -6.18. The fourth-order valence-corrected chi connectivity index (χ4v) is 9.63. The van der Waals surface area contributed by atoms with Crippen molar-refractivity contribution in [2.45, 2.75) is 57.4 Å². The number of hydrogen-bond acceptors (Lipinski definition) is 13. The molecule has 4 aromatic rings. The van der Waals surface area contributed by atoms with Crippen LogP contribution in [0.1, 0.15) is 89.4 Å². The van der Waals surface area contributed by atoms with Crippen molar-refractivity contribution in [1.82, 2.24) is 29.8 Å². The molecule has 18 nitrogen and oxygen atoms in total. The maximum Gasteiger partial charge on any atom is 0.264 e. The molecule has 3 N–H and O–H groups in total. The molecule has 0 radical (unpaired) electrons. The monoisotopic (exact) mass is 898 g/mol. The molecule has 4 heterocycles. The maximum atomic E-state index is 14.0. The van der Waals surface area contributed by atoms with Crippen molar-refractivity contribution >= 4 is 67.6 Å². The number of para-hydroxylation sites is 1. The molecule has 0 spiro atoms. The van der Waals surface area contributed by atoms with E-state index in [1.165, 1.54) is 13.2 Å².